The van der Waals surface area contributed by atoms with Crippen LogP contribution in [0.4, 0.5) is 0 Å². The maximum atomic E-state index is 5.55. The molecule has 0 unspecified atom stereocenters. The van der Waals surface area contributed by atoms with Gasteiger partial charge in [0.15, 0.2) is 0 Å². The quantitative estimate of drug-likeness (QED) is 0.594. The summed E-state index contributed by atoms with van der Waals surface area (Å²) in [6.07, 6.45) is 0. The molecule has 0 bridgehead atoms. The maximum absolute atomic E-state index is 5.55. The van der Waals surface area contributed by atoms with E-state index in [-0.39, 0.29) is 0 Å². The Bertz CT molecular complexity index is 591. The Morgan fingerprint density at radius 3 is 2.37 bits per heavy atom. The van der Waals surface area contributed by atoms with Crippen molar-refractivity contribution in [1.82, 2.24) is 0 Å². The molecule has 0 radical (unpaired) electrons. The van der Waals surface area contributed by atoms with E-state index in [2.05, 4.69) is 25.1 Å². The highest BCUT2D eigenvalue weighted by Gasteiger charge is 2.10. The number of hydrogen-bond acceptors (Lipinski definition) is 3. The zero-order valence-electron chi connectivity index (χ0n) is 11.3. The second-order valence-electron chi connectivity index (χ2n) is 4.34. The van der Waals surface area contributed by atoms with Gasteiger partial charge in [0.1, 0.15) is 5.75 Å². The highest BCUT2D eigenvalue weighted by molar-refractivity contribution is 8.23. The topological polar surface area (TPSA) is 9.23 Å². The van der Waals surface area contributed by atoms with Gasteiger partial charge in [0.05, 0.1) is 11.3 Å². The predicted molar refractivity (Wildman–Crippen MR) is 86.5 cm³/mol. The Labute approximate surface area is 124 Å². The monoisotopic (exact) mass is 288 g/mol. The summed E-state index contributed by atoms with van der Waals surface area (Å²) in [5.41, 5.74) is 3.37. The number of methoxy groups -OCH3 is 1. The third-order valence-electron chi connectivity index (χ3n) is 2.92. The summed E-state index contributed by atoms with van der Waals surface area (Å²) >= 11 is 7.17. The van der Waals surface area contributed by atoms with Gasteiger partial charge in [-0.3, -0.25) is 0 Å². The van der Waals surface area contributed by atoms with Crippen LogP contribution in [0.25, 0.3) is 0 Å². The molecule has 2 aromatic rings. The van der Waals surface area contributed by atoms with E-state index in [4.69, 9.17) is 17.0 Å². The molecule has 0 aliphatic heterocycles. The molecule has 2 rings (SSSR count). The fourth-order valence-electron chi connectivity index (χ4n) is 1.88. The van der Waals surface area contributed by atoms with E-state index >= 15 is 0 Å². The minimum atomic E-state index is 0.898. The lowest BCUT2D eigenvalue weighted by Crippen LogP contribution is -1.98. The fourth-order valence-corrected chi connectivity index (χ4v) is 3.23. The summed E-state index contributed by atoms with van der Waals surface area (Å²) in [5, 5.41) is 0. The summed E-state index contributed by atoms with van der Waals surface area (Å²) in [5.74, 6) is 0.911. The maximum Gasteiger partial charge on any atom is 0.122 e. The molecule has 2 aromatic carbocycles. The summed E-state index contributed by atoms with van der Waals surface area (Å²) in [7, 11) is 1.69. The number of aryl methyl sites for hydroxylation is 2. The van der Waals surface area contributed by atoms with E-state index in [1.807, 2.05) is 31.2 Å². The SMILES string of the molecule is COc1cc(C)c(C(=S)Sc2ccccc2)cc1C. The molecule has 0 fully saturated rings. The molecule has 0 saturated carbocycles. The third kappa shape index (κ3) is 3.37. The highest BCUT2D eigenvalue weighted by Crippen LogP contribution is 2.29. The van der Waals surface area contributed by atoms with Crippen LogP contribution in [0, 0.1) is 13.8 Å². The van der Waals surface area contributed by atoms with Crippen molar-refractivity contribution in [2.75, 3.05) is 7.11 Å². The van der Waals surface area contributed by atoms with Crippen LogP contribution in [0.5, 0.6) is 5.75 Å². The number of thiocarbonyl (C=S) groups is 1. The van der Waals surface area contributed by atoms with E-state index < -0.39 is 0 Å². The Kier molecular flexibility index (Phi) is 4.61. The molecular weight excluding hydrogens is 272 g/mol. The normalized spacial score (nSPS) is 10.3. The van der Waals surface area contributed by atoms with Gasteiger partial charge in [0, 0.05) is 10.5 Å². The Morgan fingerprint density at radius 1 is 1.05 bits per heavy atom. The molecule has 0 saturated heterocycles. The van der Waals surface area contributed by atoms with Crippen molar-refractivity contribution in [2.24, 2.45) is 0 Å². The van der Waals surface area contributed by atoms with Gasteiger partial charge in [-0.1, -0.05) is 42.2 Å². The first-order valence-electron chi connectivity index (χ1n) is 6.04. The molecule has 0 aliphatic rings. The van der Waals surface area contributed by atoms with Crippen molar-refractivity contribution in [3.8, 4) is 5.75 Å². The summed E-state index contributed by atoms with van der Waals surface area (Å²) in [4.78, 5) is 1.17. The molecule has 3 heteroatoms. The van der Waals surface area contributed by atoms with Crippen molar-refractivity contribution >= 4 is 28.2 Å². The van der Waals surface area contributed by atoms with E-state index in [0.717, 1.165) is 26.6 Å². The standard InChI is InChI=1S/C16H16OS2/c1-11-10-15(17-3)12(2)9-14(11)16(18)19-13-7-5-4-6-8-13/h4-10H,1-3H3. The second-order valence-corrected chi connectivity index (χ2v) is 6.09. The first-order valence-corrected chi connectivity index (χ1v) is 7.26. The van der Waals surface area contributed by atoms with Crippen molar-refractivity contribution in [2.45, 2.75) is 18.7 Å². The van der Waals surface area contributed by atoms with Gasteiger partial charge in [0.2, 0.25) is 0 Å². The minimum Gasteiger partial charge on any atom is -0.496 e. The number of rotatable bonds is 3. The first kappa shape index (κ1) is 14.1. The molecule has 0 N–H and O–H groups in total. The molecule has 98 valence electrons. The molecule has 0 aromatic heterocycles. The van der Waals surface area contributed by atoms with Crippen molar-refractivity contribution < 1.29 is 4.74 Å². The van der Waals surface area contributed by atoms with Gasteiger partial charge in [-0.2, -0.15) is 0 Å². The molecule has 19 heavy (non-hydrogen) atoms. The lowest BCUT2D eigenvalue weighted by atomic mass is 10.1. The van der Waals surface area contributed by atoms with Gasteiger partial charge >= 0.3 is 0 Å². The molecule has 0 amide bonds. The predicted octanol–water partition coefficient (Wildman–Crippen LogP) is 4.78. The lowest BCUT2D eigenvalue weighted by Gasteiger charge is -2.12. The number of hydrogen-bond donors (Lipinski definition) is 0. The lowest BCUT2D eigenvalue weighted by molar-refractivity contribution is 0.411. The Morgan fingerprint density at radius 2 is 1.74 bits per heavy atom. The van der Waals surface area contributed by atoms with Crippen LogP contribution in [-0.2, 0) is 0 Å². The molecule has 0 atom stereocenters. The van der Waals surface area contributed by atoms with Gasteiger partial charge in [-0.15, -0.1) is 0 Å². The summed E-state index contributed by atoms with van der Waals surface area (Å²) < 4.78 is 6.23. The van der Waals surface area contributed by atoms with Gasteiger partial charge in [-0.25, -0.2) is 0 Å². The van der Waals surface area contributed by atoms with Gasteiger partial charge < -0.3 is 4.74 Å². The van der Waals surface area contributed by atoms with Crippen LogP contribution in [-0.4, -0.2) is 11.3 Å². The van der Waals surface area contributed by atoms with Crippen LogP contribution in [0.15, 0.2) is 47.4 Å². The summed E-state index contributed by atoms with van der Waals surface area (Å²) in [6.45, 7) is 4.10. The number of ether oxygens (including phenoxy) is 1. The Balaban J connectivity index is 2.27. The minimum absolute atomic E-state index is 0.898. The highest BCUT2D eigenvalue weighted by atomic mass is 32.2. The molecule has 0 spiro atoms. The second kappa shape index (κ2) is 6.22. The van der Waals surface area contributed by atoms with Gasteiger partial charge in [-0.05, 0) is 49.2 Å². The molecular formula is C16H16OS2. The van der Waals surface area contributed by atoms with Crippen molar-refractivity contribution in [1.29, 1.82) is 0 Å². The van der Waals surface area contributed by atoms with Crippen LogP contribution >= 0.6 is 24.0 Å². The fraction of sp³-hybridized carbons (Fsp3) is 0.188. The zero-order valence-corrected chi connectivity index (χ0v) is 12.9. The zero-order chi connectivity index (χ0) is 13.8. The smallest absolute Gasteiger partial charge is 0.122 e. The van der Waals surface area contributed by atoms with E-state index in [1.165, 1.54) is 4.90 Å². The summed E-state index contributed by atoms with van der Waals surface area (Å²) in [6, 6.07) is 14.4. The number of thioether (sulfide) groups is 1. The van der Waals surface area contributed by atoms with Crippen LogP contribution in [0.1, 0.15) is 16.7 Å². The van der Waals surface area contributed by atoms with E-state index in [9.17, 15) is 0 Å². The molecule has 0 aliphatic carbocycles. The van der Waals surface area contributed by atoms with Gasteiger partial charge in [0.25, 0.3) is 0 Å². The van der Waals surface area contributed by atoms with Crippen molar-refractivity contribution in [3.63, 3.8) is 0 Å². The first-order chi connectivity index (χ1) is 9.11. The van der Waals surface area contributed by atoms with E-state index in [1.54, 1.807) is 18.9 Å². The molecule has 0 heterocycles. The molecule has 1 nitrogen and oxygen atoms in total. The van der Waals surface area contributed by atoms with Crippen LogP contribution in [0.3, 0.4) is 0 Å². The van der Waals surface area contributed by atoms with Crippen LogP contribution < -0.4 is 4.74 Å². The average molecular weight is 288 g/mol. The Hall–Kier alpha value is -1.32. The average Bonchev–Trinajstić information content (AvgIpc) is 2.42. The third-order valence-corrected chi connectivity index (χ3v) is 4.30. The van der Waals surface area contributed by atoms with Crippen molar-refractivity contribution in [3.05, 3.63) is 59.2 Å². The van der Waals surface area contributed by atoms with Crippen LogP contribution in [0.2, 0.25) is 0 Å². The largest absolute Gasteiger partial charge is 0.496 e. The number of benzene rings is 2. The van der Waals surface area contributed by atoms with E-state index in [0.29, 0.717) is 0 Å².